The summed E-state index contributed by atoms with van der Waals surface area (Å²) in [5, 5.41) is 7.72. The molecule has 1 aromatic carbocycles. The number of rotatable bonds is 4. The van der Waals surface area contributed by atoms with Gasteiger partial charge in [-0.25, -0.2) is 9.50 Å². The van der Waals surface area contributed by atoms with Crippen molar-refractivity contribution >= 4 is 11.5 Å². The average Bonchev–Trinajstić information content (AvgIpc) is 3.33. The Morgan fingerprint density at radius 3 is 2.96 bits per heavy atom. The standard InChI is InChI=1S/C19H15N5O2/c1-2-13(9-20-6-1)10-21-18-5-7-24-19(23-18)15(11-22-24)14-3-4-16-17(8-14)26-12-25-16/h1-9,11H,10,12H2,(H,21,23). The number of anilines is 1. The zero-order valence-corrected chi connectivity index (χ0v) is 13.8. The average molecular weight is 345 g/mol. The van der Waals surface area contributed by atoms with Crippen LogP contribution in [-0.4, -0.2) is 26.4 Å². The molecular formula is C19H15N5O2. The van der Waals surface area contributed by atoms with Gasteiger partial charge in [-0.05, 0) is 35.4 Å². The number of hydrogen-bond acceptors (Lipinski definition) is 6. The minimum absolute atomic E-state index is 0.258. The van der Waals surface area contributed by atoms with Crippen molar-refractivity contribution in [3.05, 3.63) is 66.7 Å². The summed E-state index contributed by atoms with van der Waals surface area (Å²) < 4.78 is 12.6. The fourth-order valence-electron chi connectivity index (χ4n) is 2.93. The molecule has 1 N–H and O–H groups in total. The van der Waals surface area contributed by atoms with Crippen LogP contribution in [0.1, 0.15) is 5.56 Å². The molecule has 5 rings (SSSR count). The molecule has 0 bridgehead atoms. The molecule has 0 saturated carbocycles. The van der Waals surface area contributed by atoms with Crippen LogP contribution in [0, 0.1) is 0 Å². The molecule has 4 aromatic rings. The predicted octanol–water partition coefficient (Wildman–Crippen LogP) is 3.13. The smallest absolute Gasteiger partial charge is 0.231 e. The summed E-state index contributed by atoms with van der Waals surface area (Å²) in [6, 6.07) is 11.7. The molecule has 3 aromatic heterocycles. The first kappa shape index (κ1) is 14.7. The molecule has 7 heteroatoms. The molecule has 0 fully saturated rings. The quantitative estimate of drug-likeness (QED) is 0.613. The first-order valence-corrected chi connectivity index (χ1v) is 8.24. The van der Waals surface area contributed by atoms with Gasteiger partial charge in [-0.15, -0.1) is 0 Å². The summed E-state index contributed by atoms with van der Waals surface area (Å²) in [6.45, 7) is 0.915. The second-order valence-corrected chi connectivity index (χ2v) is 5.92. The highest BCUT2D eigenvalue weighted by Gasteiger charge is 2.16. The summed E-state index contributed by atoms with van der Waals surface area (Å²) in [5.41, 5.74) is 3.80. The molecule has 0 atom stereocenters. The fraction of sp³-hybridized carbons (Fsp3) is 0.105. The number of ether oxygens (including phenoxy) is 2. The highest BCUT2D eigenvalue weighted by Crippen LogP contribution is 2.36. The van der Waals surface area contributed by atoms with Gasteiger partial charge in [0.2, 0.25) is 6.79 Å². The first-order valence-electron chi connectivity index (χ1n) is 8.24. The van der Waals surface area contributed by atoms with Crippen LogP contribution in [-0.2, 0) is 6.54 Å². The Labute approximate surface area is 149 Å². The van der Waals surface area contributed by atoms with E-state index in [9.17, 15) is 0 Å². The zero-order chi connectivity index (χ0) is 17.3. The predicted molar refractivity (Wildman–Crippen MR) is 96.1 cm³/mol. The van der Waals surface area contributed by atoms with Crippen LogP contribution >= 0.6 is 0 Å². The van der Waals surface area contributed by atoms with Crippen LogP contribution in [0.25, 0.3) is 16.8 Å². The second-order valence-electron chi connectivity index (χ2n) is 5.92. The van der Waals surface area contributed by atoms with E-state index < -0.39 is 0 Å². The zero-order valence-electron chi connectivity index (χ0n) is 13.8. The van der Waals surface area contributed by atoms with Crippen LogP contribution in [0.3, 0.4) is 0 Å². The molecule has 128 valence electrons. The van der Waals surface area contributed by atoms with Crippen molar-refractivity contribution < 1.29 is 9.47 Å². The molecule has 1 aliphatic heterocycles. The molecular weight excluding hydrogens is 330 g/mol. The SMILES string of the molecule is c1cncc(CNc2ccn3ncc(-c4ccc5c(c4)OCO5)c3n2)c1. The van der Waals surface area contributed by atoms with Crippen LogP contribution < -0.4 is 14.8 Å². The lowest BCUT2D eigenvalue weighted by Crippen LogP contribution is -2.03. The third kappa shape index (κ3) is 2.59. The van der Waals surface area contributed by atoms with E-state index in [4.69, 9.17) is 14.5 Å². The summed E-state index contributed by atoms with van der Waals surface area (Å²) in [6.07, 6.45) is 7.30. The Balaban J connectivity index is 1.47. The van der Waals surface area contributed by atoms with Gasteiger partial charge in [0.25, 0.3) is 0 Å². The van der Waals surface area contributed by atoms with Crippen LogP contribution in [0.15, 0.2) is 61.2 Å². The lowest BCUT2D eigenvalue weighted by Gasteiger charge is -2.06. The minimum atomic E-state index is 0.258. The molecule has 7 nitrogen and oxygen atoms in total. The van der Waals surface area contributed by atoms with Gasteiger partial charge in [0, 0.05) is 30.7 Å². The van der Waals surface area contributed by atoms with Gasteiger partial charge >= 0.3 is 0 Å². The van der Waals surface area contributed by atoms with Crippen LogP contribution in [0.4, 0.5) is 5.82 Å². The van der Waals surface area contributed by atoms with Gasteiger partial charge in [-0.3, -0.25) is 4.98 Å². The summed E-state index contributed by atoms with van der Waals surface area (Å²) in [4.78, 5) is 8.84. The van der Waals surface area contributed by atoms with Crippen molar-refractivity contribution in [3.8, 4) is 22.6 Å². The highest BCUT2D eigenvalue weighted by molar-refractivity contribution is 5.79. The second kappa shape index (κ2) is 6.03. The van der Waals surface area contributed by atoms with Gasteiger partial charge in [0.15, 0.2) is 17.1 Å². The van der Waals surface area contributed by atoms with Gasteiger partial charge in [0.05, 0.1) is 6.20 Å². The van der Waals surface area contributed by atoms with Gasteiger partial charge in [-0.1, -0.05) is 12.1 Å². The number of benzene rings is 1. The third-order valence-electron chi connectivity index (χ3n) is 4.25. The monoisotopic (exact) mass is 345 g/mol. The fourth-order valence-corrected chi connectivity index (χ4v) is 2.93. The van der Waals surface area contributed by atoms with E-state index in [1.165, 1.54) is 0 Å². The van der Waals surface area contributed by atoms with Gasteiger partial charge in [-0.2, -0.15) is 5.10 Å². The summed E-state index contributed by atoms with van der Waals surface area (Å²) in [7, 11) is 0. The van der Waals surface area contributed by atoms with Crippen LogP contribution in [0.5, 0.6) is 11.5 Å². The number of fused-ring (bicyclic) bond motifs is 2. The molecule has 0 radical (unpaired) electrons. The Morgan fingerprint density at radius 2 is 2.04 bits per heavy atom. The third-order valence-corrected chi connectivity index (χ3v) is 4.25. The van der Waals surface area contributed by atoms with E-state index in [-0.39, 0.29) is 6.79 Å². The van der Waals surface area contributed by atoms with Gasteiger partial charge in [0.1, 0.15) is 5.82 Å². The summed E-state index contributed by atoms with van der Waals surface area (Å²) in [5.74, 6) is 2.29. The largest absolute Gasteiger partial charge is 0.454 e. The first-order chi connectivity index (χ1) is 12.9. The molecule has 4 heterocycles. The number of aromatic nitrogens is 4. The lowest BCUT2D eigenvalue weighted by atomic mass is 10.1. The maximum absolute atomic E-state index is 5.47. The Bertz CT molecular complexity index is 1080. The Kier molecular flexibility index (Phi) is 3.41. The Morgan fingerprint density at radius 1 is 1.08 bits per heavy atom. The van der Waals surface area contributed by atoms with Crippen molar-refractivity contribution in [2.24, 2.45) is 0 Å². The molecule has 0 unspecified atom stereocenters. The normalized spacial score (nSPS) is 12.5. The minimum Gasteiger partial charge on any atom is -0.454 e. The van der Waals surface area contributed by atoms with Crippen molar-refractivity contribution in [1.29, 1.82) is 0 Å². The van der Waals surface area contributed by atoms with Crippen molar-refractivity contribution in [2.75, 3.05) is 12.1 Å². The van der Waals surface area contributed by atoms with E-state index in [0.29, 0.717) is 6.54 Å². The van der Waals surface area contributed by atoms with E-state index in [2.05, 4.69) is 15.4 Å². The van der Waals surface area contributed by atoms with Gasteiger partial charge < -0.3 is 14.8 Å². The van der Waals surface area contributed by atoms with E-state index >= 15 is 0 Å². The van der Waals surface area contributed by atoms with E-state index in [1.54, 1.807) is 10.7 Å². The van der Waals surface area contributed by atoms with Crippen molar-refractivity contribution in [2.45, 2.75) is 6.54 Å². The summed E-state index contributed by atoms with van der Waals surface area (Å²) >= 11 is 0. The molecule has 0 aliphatic carbocycles. The maximum Gasteiger partial charge on any atom is 0.231 e. The van der Waals surface area contributed by atoms with Crippen LogP contribution in [0.2, 0.25) is 0 Å². The molecule has 0 saturated heterocycles. The number of nitrogens with one attached hydrogen (secondary N) is 1. The molecule has 0 amide bonds. The van der Waals surface area contributed by atoms with E-state index in [0.717, 1.165) is 39.7 Å². The topological polar surface area (TPSA) is 73.6 Å². The molecule has 26 heavy (non-hydrogen) atoms. The van der Waals surface area contributed by atoms with Crippen molar-refractivity contribution in [3.63, 3.8) is 0 Å². The number of nitrogens with zero attached hydrogens (tertiary/aromatic N) is 4. The lowest BCUT2D eigenvalue weighted by molar-refractivity contribution is 0.174. The molecule has 1 aliphatic rings. The number of pyridine rings is 1. The molecule has 0 spiro atoms. The highest BCUT2D eigenvalue weighted by atomic mass is 16.7. The van der Waals surface area contributed by atoms with Crippen molar-refractivity contribution in [1.82, 2.24) is 19.6 Å². The van der Waals surface area contributed by atoms with E-state index in [1.807, 2.05) is 55.0 Å². The maximum atomic E-state index is 5.47. The number of hydrogen-bond donors (Lipinski definition) is 1. The Hall–Kier alpha value is -3.61.